The Morgan fingerprint density at radius 2 is 2.23 bits per heavy atom. The molecule has 1 aromatic rings. The van der Waals surface area contributed by atoms with Crippen molar-refractivity contribution in [1.29, 1.82) is 0 Å². The number of amidine groups is 1. The van der Waals surface area contributed by atoms with Gasteiger partial charge in [0.05, 0.1) is 5.54 Å². The minimum atomic E-state index is -0.673. The molecule has 0 bridgehead atoms. The maximum Gasteiger partial charge on any atom is 0.413 e. The lowest BCUT2D eigenvalue weighted by atomic mass is 9.69. The second kappa shape index (κ2) is 7.10. The molecule has 1 aliphatic heterocycles. The largest absolute Gasteiger partial charge is 0.444 e. The summed E-state index contributed by atoms with van der Waals surface area (Å²) in [4.78, 5) is 17.0. The fourth-order valence-corrected chi connectivity index (χ4v) is 4.92. The topological polar surface area (TPSA) is 76.7 Å². The van der Waals surface area contributed by atoms with Crippen LogP contribution in [0.2, 0.25) is 0 Å². The molecular formula is C19H28FN3O2S. The molecular weight excluding hydrogens is 353 g/mol. The third kappa shape index (κ3) is 3.98. The first-order valence-electron chi connectivity index (χ1n) is 8.98. The standard InChI is InChI=1S/C19H26FN3O2S.H2/c1-18(2,3)25-17(24)22-16-23-19(9-5-4-6-12(19)11-26-16)14-10-13(21)7-8-15(14)20;/h7-8,10,12H,4-6,9,11,21H2,1-3H3,(H,22,23,24);1H/t12-,19?;/m0./s1. The van der Waals surface area contributed by atoms with Crippen LogP contribution in [0.15, 0.2) is 23.2 Å². The molecule has 1 unspecified atom stereocenters. The highest BCUT2D eigenvalue weighted by Crippen LogP contribution is 2.50. The van der Waals surface area contributed by atoms with Gasteiger partial charge in [-0.3, -0.25) is 10.3 Å². The van der Waals surface area contributed by atoms with Crippen LogP contribution in [0.25, 0.3) is 0 Å². The minimum absolute atomic E-state index is 0. The highest BCUT2D eigenvalue weighted by atomic mass is 32.2. The van der Waals surface area contributed by atoms with E-state index in [2.05, 4.69) is 5.32 Å². The average molecular weight is 382 g/mol. The zero-order valence-electron chi connectivity index (χ0n) is 15.5. The smallest absolute Gasteiger partial charge is 0.413 e. The number of rotatable bonds is 1. The normalized spacial score (nSPS) is 25.8. The lowest BCUT2D eigenvalue weighted by Crippen LogP contribution is -2.45. The van der Waals surface area contributed by atoms with Gasteiger partial charge < -0.3 is 10.5 Å². The van der Waals surface area contributed by atoms with Gasteiger partial charge in [-0.05, 0) is 57.7 Å². The number of fused-ring (bicyclic) bond motifs is 1. The number of aliphatic imine (C=N–C) groups is 1. The molecule has 7 heteroatoms. The lowest BCUT2D eigenvalue weighted by Gasteiger charge is -2.44. The summed E-state index contributed by atoms with van der Waals surface area (Å²) < 4.78 is 20.0. The number of hydrogen-bond acceptors (Lipinski definition) is 5. The van der Waals surface area contributed by atoms with Crippen LogP contribution in [-0.2, 0) is 10.3 Å². The molecule has 1 aliphatic carbocycles. The molecule has 1 aromatic carbocycles. The molecule has 0 radical (unpaired) electrons. The van der Waals surface area contributed by atoms with Crippen LogP contribution in [0.3, 0.4) is 0 Å². The van der Waals surface area contributed by atoms with Gasteiger partial charge in [0.2, 0.25) is 0 Å². The number of ether oxygens (including phenoxy) is 1. The molecule has 5 nitrogen and oxygen atoms in total. The summed E-state index contributed by atoms with van der Waals surface area (Å²) in [5.41, 5.74) is 5.72. The lowest BCUT2D eigenvalue weighted by molar-refractivity contribution is 0.0563. The molecule has 1 amide bonds. The summed E-state index contributed by atoms with van der Waals surface area (Å²) in [6, 6.07) is 4.66. The number of nitrogens with two attached hydrogens (primary N) is 1. The Bertz CT molecular complexity index is 738. The Balaban J connectivity index is 0.00000261. The van der Waals surface area contributed by atoms with Crippen LogP contribution >= 0.6 is 11.8 Å². The highest BCUT2D eigenvalue weighted by Gasteiger charge is 2.46. The van der Waals surface area contributed by atoms with Crippen molar-refractivity contribution in [3.05, 3.63) is 29.6 Å². The third-order valence-corrected chi connectivity index (χ3v) is 5.86. The van der Waals surface area contributed by atoms with Gasteiger partial charge in [-0.2, -0.15) is 0 Å². The van der Waals surface area contributed by atoms with E-state index in [9.17, 15) is 9.18 Å². The van der Waals surface area contributed by atoms with Crippen LogP contribution in [-0.4, -0.2) is 22.6 Å². The predicted molar refractivity (Wildman–Crippen MR) is 106 cm³/mol. The van der Waals surface area contributed by atoms with Crippen LogP contribution in [0.1, 0.15) is 53.4 Å². The highest BCUT2D eigenvalue weighted by molar-refractivity contribution is 8.13. The third-order valence-electron chi connectivity index (χ3n) is 4.82. The SMILES string of the molecule is CC(C)(C)OC(=O)NC1=NC2(c3cc(N)ccc3F)CCCC[C@H]2CS1.[HH]. The minimum Gasteiger partial charge on any atom is -0.444 e. The molecule has 26 heavy (non-hydrogen) atoms. The fourth-order valence-electron chi connectivity index (χ4n) is 3.73. The maximum atomic E-state index is 14.7. The quantitative estimate of drug-likeness (QED) is 0.693. The first-order chi connectivity index (χ1) is 12.2. The van der Waals surface area contributed by atoms with Crippen molar-refractivity contribution in [2.45, 2.75) is 57.6 Å². The van der Waals surface area contributed by atoms with E-state index in [1.807, 2.05) is 20.8 Å². The van der Waals surface area contributed by atoms with Gasteiger partial charge in [-0.1, -0.05) is 24.6 Å². The molecule has 1 saturated carbocycles. The number of alkyl carbamates (subject to hydrolysis) is 1. The van der Waals surface area contributed by atoms with E-state index < -0.39 is 17.2 Å². The van der Waals surface area contributed by atoms with Gasteiger partial charge in [0.25, 0.3) is 0 Å². The summed E-state index contributed by atoms with van der Waals surface area (Å²) in [6.07, 6.45) is 3.28. The number of amides is 1. The number of carbonyl (C=O) groups excluding carboxylic acids is 1. The number of benzene rings is 1. The number of nitrogens with zero attached hydrogens (tertiary/aromatic N) is 1. The van der Waals surface area contributed by atoms with Crippen LogP contribution in [0.4, 0.5) is 14.9 Å². The zero-order chi connectivity index (χ0) is 18.9. The molecule has 1 heterocycles. The Hall–Kier alpha value is -1.76. The van der Waals surface area contributed by atoms with E-state index >= 15 is 0 Å². The maximum absolute atomic E-state index is 14.7. The first-order valence-corrected chi connectivity index (χ1v) is 9.96. The van der Waals surface area contributed by atoms with Crippen molar-refractivity contribution in [3.63, 3.8) is 0 Å². The first kappa shape index (κ1) is 19.0. The summed E-state index contributed by atoms with van der Waals surface area (Å²) in [6.45, 7) is 5.43. The predicted octanol–water partition coefficient (Wildman–Crippen LogP) is 4.67. The average Bonchev–Trinajstić information content (AvgIpc) is 2.55. The van der Waals surface area contributed by atoms with Crippen LogP contribution in [0.5, 0.6) is 0 Å². The van der Waals surface area contributed by atoms with Crippen LogP contribution < -0.4 is 11.1 Å². The van der Waals surface area contributed by atoms with E-state index in [4.69, 9.17) is 15.5 Å². The molecule has 1 fully saturated rings. The van der Waals surface area contributed by atoms with Crippen molar-refractivity contribution in [1.82, 2.24) is 5.32 Å². The van der Waals surface area contributed by atoms with E-state index in [1.165, 1.54) is 17.8 Å². The number of nitrogen functional groups attached to an aromatic ring is 1. The molecule has 144 valence electrons. The Labute approximate surface area is 159 Å². The summed E-state index contributed by atoms with van der Waals surface area (Å²) in [5, 5.41) is 3.22. The van der Waals surface area contributed by atoms with Gasteiger partial charge in [-0.25, -0.2) is 9.18 Å². The van der Waals surface area contributed by atoms with E-state index in [1.54, 1.807) is 12.1 Å². The molecule has 0 saturated heterocycles. The number of carbonyl (C=O) groups is 1. The van der Waals surface area contributed by atoms with Gasteiger partial charge in [0.15, 0.2) is 5.17 Å². The molecule has 3 rings (SSSR count). The van der Waals surface area contributed by atoms with Crippen molar-refractivity contribution in [2.24, 2.45) is 10.9 Å². The summed E-state index contributed by atoms with van der Waals surface area (Å²) in [5.74, 6) is 0.711. The monoisotopic (exact) mass is 381 g/mol. The van der Waals surface area contributed by atoms with Gasteiger partial charge in [-0.15, -0.1) is 0 Å². The number of nitrogens with one attached hydrogen (secondary N) is 1. The molecule has 0 aromatic heterocycles. The Morgan fingerprint density at radius 1 is 1.46 bits per heavy atom. The van der Waals surface area contributed by atoms with Gasteiger partial charge >= 0.3 is 6.09 Å². The fraction of sp³-hybridized carbons (Fsp3) is 0.579. The van der Waals surface area contributed by atoms with E-state index in [0.717, 1.165) is 31.4 Å². The second-order valence-corrected chi connectivity index (χ2v) is 8.97. The van der Waals surface area contributed by atoms with Crippen molar-refractivity contribution in [2.75, 3.05) is 11.5 Å². The molecule has 2 aliphatic rings. The Kier molecular flexibility index (Phi) is 5.19. The van der Waals surface area contributed by atoms with E-state index in [-0.39, 0.29) is 13.2 Å². The van der Waals surface area contributed by atoms with E-state index in [0.29, 0.717) is 16.4 Å². The number of halogens is 1. The molecule has 2 atom stereocenters. The van der Waals surface area contributed by atoms with Crippen molar-refractivity contribution >= 4 is 28.7 Å². The number of hydrogen-bond donors (Lipinski definition) is 2. The summed E-state index contributed by atoms with van der Waals surface area (Å²) in [7, 11) is 0. The van der Waals surface area contributed by atoms with Crippen molar-refractivity contribution in [3.8, 4) is 0 Å². The number of thioether (sulfide) groups is 1. The van der Waals surface area contributed by atoms with Gasteiger partial charge in [0, 0.05) is 18.4 Å². The van der Waals surface area contributed by atoms with Crippen molar-refractivity contribution < 1.29 is 15.3 Å². The molecule has 0 spiro atoms. The summed E-state index contributed by atoms with van der Waals surface area (Å²) >= 11 is 1.49. The van der Waals surface area contributed by atoms with Gasteiger partial charge in [0.1, 0.15) is 11.4 Å². The zero-order valence-corrected chi connectivity index (χ0v) is 16.3. The van der Waals surface area contributed by atoms with Crippen LogP contribution in [0, 0.1) is 11.7 Å². The second-order valence-electron chi connectivity index (χ2n) is 7.96. The molecule has 3 N–H and O–H groups in total. The number of anilines is 1. The Morgan fingerprint density at radius 3 is 2.96 bits per heavy atom.